The molecule has 5 heteroatoms. The smallest absolute Gasteiger partial charge is 0.317 e. The van der Waals surface area contributed by atoms with Crippen LogP contribution in [0.4, 0.5) is 0 Å². The first-order chi connectivity index (χ1) is 7.07. The van der Waals surface area contributed by atoms with Crippen LogP contribution in [0.15, 0.2) is 0 Å². The third-order valence-electron chi connectivity index (χ3n) is 1.80. The monoisotopic (exact) mass is 232 g/mol. The summed E-state index contributed by atoms with van der Waals surface area (Å²) in [5, 5.41) is 0. The minimum absolute atomic E-state index is 0.187. The Kier molecular flexibility index (Phi) is 8.31. The number of Topliss-reactive ketones (excluding diaryl/α,β-unsaturated/α-hetero) is 1. The Morgan fingerprint density at radius 1 is 1.53 bits per heavy atom. The van der Waals surface area contributed by atoms with Crippen LogP contribution in [0.2, 0.25) is 0 Å². The lowest BCUT2D eigenvalue weighted by Crippen LogP contribution is -2.15. The topological polar surface area (TPSA) is 63.6 Å². The van der Waals surface area contributed by atoms with Crippen molar-refractivity contribution in [2.45, 2.75) is 33.1 Å². The van der Waals surface area contributed by atoms with Gasteiger partial charge in [0.15, 0.2) is 5.78 Å². The van der Waals surface area contributed by atoms with E-state index in [0.717, 1.165) is 12.8 Å². The Morgan fingerprint density at radius 2 is 2.20 bits per heavy atom. The van der Waals surface area contributed by atoms with E-state index < -0.39 is 8.25 Å². The van der Waals surface area contributed by atoms with Crippen molar-refractivity contribution in [1.82, 2.24) is 0 Å². The maximum Gasteiger partial charge on any atom is 0.317 e. The first kappa shape index (κ1) is 14.4. The zero-order chi connectivity index (χ0) is 11.7. The van der Waals surface area contributed by atoms with Gasteiger partial charge in [0, 0.05) is 18.8 Å². The second kappa shape index (κ2) is 8.67. The highest BCUT2D eigenvalue weighted by Crippen LogP contribution is 2.15. The largest absolute Gasteiger partial charge is 0.326 e. The van der Waals surface area contributed by atoms with E-state index in [9.17, 15) is 9.36 Å². The normalized spacial score (nSPS) is 13.8. The van der Waals surface area contributed by atoms with E-state index in [1.165, 1.54) is 0 Å². The van der Waals surface area contributed by atoms with Gasteiger partial charge in [0.05, 0.1) is 0 Å². The molecule has 0 amide bonds. The molecule has 0 aliphatic rings. The molecular weight excluding hydrogens is 215 g/mol. The van der Waals surface area contributed by atoms with E-state index in [0.29, 0.717) is 6.42 Å². The highest BCUT2D eigenvalue weighted by Gasteiger charge is 2.12. The highest BCUT2D eigenvalue weighted by atomic mass is 31.1. The van der Waals surface area contributed by atoms with Crippen molar-refractivity contribution in [1.29, 1.82) is 0 Å². The Morgan fingerprint density at radius 3 is 2.73 bits per heavy atom. The standard InChI is InChI=1S/C10H17O4P/c1-3-4-5-6-7-9(2)10(11)8-14-15(12)13/h9,15H,3-4,7-8H2,1-2H3,(H,12,13). The summed E-state index contributed by atoms with van der Waals surface area (Å²) in [6.45, 7) is 3.47. The van der Waals surface area contributed by atoms with Crippen LogP contribution in [0, 0.1) is 17.8 Å². The minimum atomic E-state index is -3.00. The number of carbonyl (C=O) groups is 1. The zero-order valence-electron chi connectivity index (χ0n) is 9.08. The average Bonchev–Trinajstić information content (AvgIpc) is 2.20. The molecule has 1 N–H and O–H groups in total. The molecule has 0 heterocycles. The van der Waals surface area contributed by atoms with Crippen molar-refractivity contribution in [2.24, 2.45) is 5.92 Å². The van der Waals surface area contributed by atoms with Crippen LogP contribution in [0.1, 0.15) is 33.1 Å². The summed E-state index contributed by atoms with van der Waals surface area (Å²) < 4.78 is 14.6. The molecule has 0 saturated carbocycles. The van der Waals surface area contributed by atoms with Gasteiger partial charge in [-0.3, -0.25) is 9.36 Å². The van der Waals surface area contributed by atoms with Gasteiger partial charge in [-0.2, -0.15) is 0 Å². The Bertz CT molecular complexity index is 277. The molecule has 2 atom stereocenters. The van der Waals surface area contributed by atoms with Gasteiger partial charge in [-0.05, 0) is 6.42 Å². The van der Waals surface area contributed by atoms with E-state index in [-0.39, 0.29) is 18.3 Å². The second-order valence-corrected chi connectivity index (χ2v) is 4.05. The Labute approximate surface area is 91.0 Å². The van der Waals surface area contributed by atoms with Crippen LogP contribution in [-0.4, -0.2) is 17.3 Å². The van der Waals surface area contributed by atoms with Gasteiger partial charge in [-0.25, -0.2) is 0 Å². The molecule has 2 unspecified atom stereocenters. The van der Waals surface area contributed by atoms with Gasteiger partial charge in [0.2, 0.25) is 0 Å². The fourth-order valence-electron chi connectivity index (χ4n) is 0.828. The van der Waals surface area contributed by atoms with E-state index >= 15 is 0 Å². The number of rotatable bonds is 6. The van der Waals surface area contributed by atoms with Crippen molar-refractivity contribution in [3.05, 3.63) is 0 Å². The molecule has 0 rings (SSSR count). The summed E-state index contributed by atoms with van der Waals surface area (Å²) in [5.41, 5.74) is 0. The molecular formula is C10H17O4P. The minimum Gasteiger partial charge on any atom is -0.326 e. The summed E-state index contributed by atoms with van der Waals surface area (Å²) in [4.78, 5) is 19.7. The maximum atomic E-state index is 11.3. The third-order valence-corrected chi connectivity index (χ3v) is 2.19. The number of hydrogen-bond donors (Lipinski definition) is 1. The predicted octanol–water partition coefficient (Wildman–Crippen LogP) is 1.78. The fourth-order valence-corrected chi connectivity index (χ4v) is 1.09. The van der Waals surface area contributed by atoms with Crippen molar-refractivity contribution < 1.29 is 18.8 Å². The lowest BCUT2D eigenvalue weighted by molar-refractivity contribution is -0.124. The molecule has 0 aromatic heterocycles. The van der Waals surface area contributed by atoms with Gasteiger partial charge in [-0.1, -0.05) is 13.8 Å². The molecule has 0 spiro atoms. The Hall–Kier alpha value is -0.620. The molecule has 0 aliphatic heterocycles. The second-order valence-electron chi connectivity index (χ2n) is 3.23. The summed E-state index contributed by atoms with van der Waals surface area (Å²) in [7, 11) is -3.00. The predicted molar refractivity (Wildman–Crippen MR) is 58.6 cm³/mol. The average molecular weight is 232 g/mol. The lowest BCUT2D eigenvalue weighted by atomic mass is 10.0. The molecule has 0 aliphatic carbocycles. The molecule has 0 aromatic carbocycles. The van der Waals surface area contributed by atoms with Gasteiger partial charge < -0.3 is 9.42 Å². The van der Waals surface area contributed by atoms with E-state index in [1.54, 1.807) is 6.92 Å². The zero-order valence-corrected chi connectivity index (χ0v) is 10.1. The molecule has 86 valence electrons. The molecule has 0 bridgehead atoms. The number of hydrogen-bond acceptors (Lipinski definition) is 3. The van der Waals surface area contributed by atoms with Crippen LogP contribution in [-0.2, 0) is 13.9 Å². The third kappa shape index (κ3) is 8.38. The molecule has 0 aromatic rings. The van der Waals surface area contributed by atoms with Crippen molar-refractivity contribution in [3.63, 3.8) is 0 Å². The van der Waals surface area contributed by atoms with Gasteiger partial charge in [0.25, 0.3) is 0 Å². The summed E-state index contributed by atoms with van der Waals surface area (Å²) in [5.74, 6) is 5.41. The van der Waals surface area contributed by atoms with Gasteiger partial charge >= 0.3 is 8.25 Å². The molecule has 0 fully saturated rings. The summed E-state index contributed by atoms with van der Waals surface area (Å²) in [6, 6.07) is 0. The van der Waals surface area contributed by atoms with Crippen LogP contribution >= 0.6 is 8.25 Å². The molecule has 4 nitrogen and oxygen atoms in total. The maximum absolute atomic E-state index is 11.3. The van der Waals surface area contributed by atoms with Crippen LogP contribution in [0.25, 0.3) is 0 Å². The molecule has 0 radical (unpaired) electrons. The highest BCUT2D eigenvalue weighted by molar-refractivity contribution is 7.32. The number of ketones is 1. The Balaban J connectivity index is 3.80. The first-order valence-electron chi connectivity index (χ1n) is 4.92. The first-order valence-corrected chi connectivity index (χ1v) is 6.18. The van der Waals surface area contributed by atoms with Crippen molar-refractivity contribution >= 4 is 14.0 Å². The van der Waals surface area contributed by atoms with Crippen molar-refractivity contribution in [2.75, 3.05) is 6.61 Å². The van der Waals surface area contributed by atoms with Gasteiger partial charge in [0.1, 0.15) is 6.61 Å². The molecule has 0 saturated heterocycles. The summed E-state index contributed by atoms with van der Waals surface area (Å²) >= 11 is 0. The fraction of sp³-hybridized carbons (Fsp3) is 0.700. The number of unbranched alkanes of at least 4 members (excludes halogenated alkanes) is 1. The SMILES string of the molecule is CCCC#CCC(C)C(=O)CO[PH](=O)O. The van der Waals surface area contributed by atoms with E-state index in [2.05, 4.69) is 16.4 Å². The summed E-state index contributed by atoms with van der Waals surface area (Å²) in [6.07, 6.45) is 2.32. The van der Waals surface area contributed by atoms with Crippen LogP contribution in [0.5, 0.6) is 0 Å². The molecule has 15 heavy (non-hydrogen) atoms. The van der Waals surface area contributed by atoms with Crippen LogP contribution in [0.3, 0.4) is 0 Å². The van der Waals surface area contributed by atoms with E-state index in [1.807, 2.05) is 6.92 Å². The quantitative estimate of drug-likeness (QED) is 0.560. The van der Waals surface area contributed by atoms with Crippen LogP contribution < -0.4 is 0 Å². The lowest BCUT2D eigenvalue weighted by Gasteiger charge is -2.05. The van der Waals surface area contributed by atoms with Crippen molar-refractivity contribution in [3.8, 4) is 11.8 Å². The number of carbonyl (C=O) groups excluding carboxylic acids is 1. The van der Waals surface area contributed by atoms with E-state index in [4.69, 9.17) is 4.89 Å². The van der Waals surface area contributed by atoms with Gasteiger partial charge in [-0.15, -0.1) is 11.8 Å².